The lowest BCUT2D eigenvalue weighted by molar-refractivity contribution is 0.106. The third-order valence-electron chi connectivity index (χ3n) is 1.35. The fourth-order valence-electron chi connectivity index (χ4n) is 0.760. The Labute approximate surface area is 83.3 Å². The van der Waals surface area contributed by atoms with Gasteiger partial charge in [0.15, 0.2) is 0 Å². The van der Waals surface area contributed by atoms with Crippen LogP contribution in [0.3, 0.4) is 0 Å². The van der Waals surface area contributed by atoms with Gasteiger partial charge in [0.25, 0.3) is 0 Å². The topological polar surface area (TPSA) is 23.8 Å². The van der Waals surface area contributed by atoms with E-state index in [-0.39, 0.29) is 17.3 Å². The van der Waals surface area contributed by atoms with Gasteiger partial charge in [0.2, 0.25) is 0 Å². The van der Waals surface area contributed by atoms with Crippen LogP contribution >= 0.6 is 23.4 Å². The first kappa shape index (κ1) is 10.3. The van der Waals surface area contributed by atoms with E-state index in [0.29, 0.717) is 5.02 Å². The highest BCUT2D eigenvalue weighted by Gasteiger charge is 2.32. The number of nitrogens with zero attached hydrogens (tertiary/aromatic N) is 1. The second-order valence-electron chi connectivity index (χ2n) is 2.22. The number of thioether (sulfide) groups is 1. The molecule has 0 N–H and O–H groups in total. The van der Waals surface area contributed by atoms with Crippen LogP contribution in [-0.2, 0) is 5.25 Å². The Morgan fingerprint density at radius 3 is 2.31 bits per heavy atom. The largest absolute Gasteiger partial charge is 0.332 e. The zero-order valence-electron chi connectivity index (χ0n) is 6.30. The Bertz CT molecular complexity index is 331. The summed E-state index contributed by atoms with van der Waals surface area (Å²) in [6, 6.07) is 5.13. The molecule has 1 rings (SSSR count). The molecule has 1 aromatic rings. The van der Waals surface area contributed by atoms with Crippen molar-refractivity contribution in [2.45, 2.75) is 5.25 Å². The number of nitriles is 1. The van der Waals surface area contributed by atoms with Crippen LogP contribution in [0.1, 0.15) is 5.56 Å². The first-order valence-electron chi connectivity index (χ1n) is 3.27. The summed E-state index contributed by atoms with van der Waals surface area (Å²) < 4.78 is 26.0. The van der Waals surface area contributed by atoms with Gasteiger partial charge in [-0.25, -0.2) is 0 Å². The number of benzene rings is 1. The molecule has 5 heteroatoms. The van der Waals surface area contributed by atoms with E-state index in [1.165, 1.54) is 29.7 Å². The third kappa shape index (κ3) is 2.58. The lowest BCUT2D eigenvalue weighted by Gasteiger charge is -2.10. The monoisotopic (exact) mass is 219 g/mol. The van der Waals surface area contributed by atoms with Crippen molar-refractivity contribution in [2.24, 2.45) is 0 Å². The molecule has 0 fully saturated rings. The average molecular weight is 220 g/mol. The van der Waals surface area contributed by atoms with E-state index in [2.05, 4.69) is 0 Å². The molecular formula is C8H4ClF2NS. The second-order valence-corrected chi connectivity index (χ2v) is 3.55. The quantitative estimate of drug-likeness (QED) is 0.710. The van der Waals surface area contributed by atoms with Crippen LogP contribution in [0.4, 0.5) is 8.78 Å². The third-order valence-corrected chi connectivity index (χ3v) is 2.19. The van der Waals surface area contributed by atoms with Gasteiger partial charge in [-0.3, -0.25) is 0 Å². The second kappa shape index (κ2) is 3.95. The number of alkyl halides is 2. The number of hydrogen-bond donors (Lipinski definition) is 0. The predicted octanol–water partition coefficient (Wildman–Crippen LogP) is 3.60. The van der Waals surface area contributed by atoms with Crippen molar-refractivity contribution in [3.05, 3.63) is 34.9 Å². The molecule has 0 heterocycles. The summed E-state index contributed by atoms with van der Waals surface area (Å²) in [6.07, 6.45) is 0. The maximum absolute atomic E-state index is 13.0. The molecule has 0 saturated heterocycles. The van der Waals surface area contributed by atoms with E-state index in [0.717, 1.165) is 0 Å². The van der Waals surface area contributed by atoms with Gasteiger partial charge in [-0.05, 0) is 12.1 Å². The van der Waals surface area contributed by atoms with Crippen LogP contribution < -0.4 is 0 Å². The first-order chi connectivity index (χ1) is 6.06. The van der Waals surface area contributed by atoms with Gasteiger partial charge < -0.3 is 0 Å². The van der Waals surface area contributed by atoms with Crippen molar-refractivity contribution in [2.75, 3.05) is 0 Å². The van der Waals surface area contributed by atoms with Gasteiger partial charge in [0, 0.05) is 22.3 Å². The minimum Gasteiger partial charge on any atom is -0.187 e. The van der Waals surface area contributed by atoms with E-state index in [9.17, 15) is 8.78 Å². The fraction of sp³-hybridized carbons (Fsp3) is 0.125. The molecule has 0 spiro atoms. The Balaban J connectivity index is 2.95. The molecule has 1 aromatic carbocycles. The van der Waals surface area contributed by atoms with Crippen LogP contribution in [0.2, 0.25) is 5.02 Å². The minimum absolute atomic E-state index is 0.0783. The van der Waals surface area contributed by atoms with Crippen LogP contribution in [0, 0.1) is 10.7 Å². The summed E-state index contributed by atoms with van der Waals surface area (Å²) in [4.78, 5) is 0. The SMILES string of the molecule is N#CSC(F)(F)c1ccc(Cl)cc1. The van der Waals surface area contributed by atoms with Crippen molar-refractivity contribution in [3.8, 4) is 5.40 Å². The van der Waals surface area contributed by atoms with Gasteiger partial charge >= 0.3 is 5.25 Å². The minimum atomic E-state index is -3.17. The zero-order chi connectivity index (χ0) is 9.90. The number of hydrogen-bond acceptors (Lipinski definition) is 2. The van der Waals surface area contributed by atoms with Gasteiger partial charge in [-0.15, -0.1) is 0 Å². The zero-order valence-corrected chi connectivity index (χ0v) is 7.87. The van der Waals surface area contributed by atoms with Crippen molar-refractivity contribution < 1.29 is 8.78 Å². The fourth-order valence-corrected chi connectivity index (χ4v) is 1.25. The Hall–Kier alpha value is -0.790. The first-order valence-corrected chi connectivity index (χ1v) is 4.46. The summed E-state index contributed by atoms with van der Waals surface area (Å²) >= 11 is 5.44. The molecule has 0 bridgehead atoms. The van der Waals surface area contributed by atoms with Gasteiger partial charge in [0.05, 0.1) is 0 Å². The number of thiocyanates is 1. The normalized spacial score (nSPS) is 10.9. The molecule has 0 aromatic heterocycles. The van der Waals surface area contributed by atoms with Gasteiger partial charge in [-0.2, -0.15) is 14.0 Å². The van der Waals surface area contributed by atoms with Gasteiger partial charge in [-0.1, -0.05) is 23.7 Å². The van der Waals surface area contributed by atoms with E-state index >= 15 is 0 Å². The maximum atomic E-state index is 13.0. The van der Waals surface area contributed by atoms with E-state index in [1.807, 2.05) is 0 Å². The lowest BCUT2D eigenvalue weighted by atomic mass is 10.2. The van der Waals surface area contributed by atoms with Crippen molar-refractivity contribution in [3.63, 3.8) is 0 Å². The molecule has 0 aliphatic carbocycles. The highest BCUT2D eigenvalue weighted by atomic mass is 35.5. The summed E-state index contributed by atoms with van der Waals surface area (Å²) in [5, 5.41) is 6.70. The maximum Gasteiger partial charge on any atom is 0.332 e. The van der Waals surface area contributed by atoms with E-state index in [1.54, 1.807) is 0 Å². The Kier molecular flexibility index (Phi) is 3.12. The summed E-state index contributed by atoms with van der Waals surface area (Å²) in [6.45, 7) is 0. The molecule has 13 heavy (non-hydrogen) atoms. The van der Waals surface area contributed by atoms with Crippen LogP contribution in [-0.4, -0.2) is 0 Å². The summed E-state index contributed by atoms with van der Waals surface area (Å²) in [5.74, 6) is 0. The Morgan fingerprint density at radius 2 is 1.85 bits per heavy atom. The van der Waals surface area contributed by atoms with E-state index in [4.69, 9.17) is 16.9 Å². The number of rotatable bonds is 2. The summed E-state index contributed by atoms with van der Waals surface area (Å²) in [5.41, 5.74) is -0.219. The highest BCUT2D eigenvalue weighted by Crippen LogP contribution is 2.39. The molecule has 68 valence electrons. The lowest BCUT2D eigenvalue weighted by Crippen LogP contribution is -2.06. The molecule has 0 saturated carbocycles. The molecule has 1 nitrogen and oxygen atoms in total. The Morgan fingerprint density at radius 1 is 1.31 bits per heavy atom. The highest BCUT2D eigenvalue weighted by molar-refractivity contribution is 8.04. The van der Waals surface area contributed by atoms with Crippen molar-refractivity contribution in [1.29, 1.82) is 5.26 Å². The molecule has 0 amide bonds. The summed E-state index contributed by atoms with van der Waals surface area (Å²) in [7, 11) is 0. The molecule has 0 radical (unpaired) electrons. The average Bonchev–Trinajstić information content (AvgIpc) is 2.05. The molecule has 0 aliphatic rings. The number of halogens is 3. The van der Waals surface area contributed by atoms with Crippen LogP contribution in [0.25, 0.3) is 0 Å². The smallest absolute Gasteiger partial charge is 0.187 e. The molecule has 0 atom stereocenters. The van der Waals surface area contributed by atoms with Crippen molar-refractivity contribution >= 4 is 23.4 Å². The molecular weight excluding hydrogens is 216 g/mol. The predicted molar refractivity (Wildman–Crippen MR) is 48.6 cm³/mol. The molecule has 0 aliphatic heterocycles. The van der Waals surface area contributed by atoms with E-state index < -0.39 is 5.25 Å². The molecule has 0 unspecified atom stereocenters. The standard InChI is InChI=1S/C8H4ClF2NS/c9-7-3-1-6(2-4-7)8(10,11)13-5-12/h1-4H. The van der Waals surface area contributed by atoms with Crippen molar-refractivity contribution in [1.82, 2.24) is 0 Å². The van der Waals surface area contributed by atoms with Gasteiger partial charge in [0.1, 0.15) is 5.40 Å². The van der Waals surface area contributed by atoms with Crippen LogP contribution in [0.5, 0.6) is 0 Å². The van der Waals surface area contributed by atoms with Crippen LogP contribution in [0.15, 0.2) is 24.3 Å².